The van der Waals surface area contributed by atoms with Crippen LogP contribution in [0.1, 0.15) is 24.7 Å². The van der Waals surface area contributed by atoms with Crippen LogP contribution in [0.25, 0.3) is 0 Å². The molecule has 2 unspecified atom stereocenters. The summed E-state index contributed by atoms with van der Waals surface area (Å²) >= 11 is 0. The summed E-state index contributed by atoms with van der Waals surface area (Å²) in [6.07, 6.45) is 5.95. The number of aryl methyl sites for hydroxylation is 1. The number of nitrogens with zero attached hydrogens (tertiary/aromatic N) is 3. The zero-order valence-electron chi connectivity index (χ0n) is 15.2. The SMILES string of the molecule is Cc1nccn1CC(C)CNC(=O)N1CCC(Cc2ccccc2)C1. The minimum atomic E-state index is 0.0739. The van der Waals surface area contributed by atoms with Crippen LogP contribution >= 0.6 is 0 Å². The molecule has 1 N–H and O–H groups in total. The van der Waals surface area contributed by atoms with Crippen LogP contribution in [0.2, 0.25) is 0 Å². The molecule has 2 amide bonds. The van der Waals surface area contributed by atoms with Crippen LogP contribution in [0.5, 0.6) is 0 Å². The van der Waals surface area contributed by atoms with Crippen molar-refractivity contribution in [3.8, 4) is 0 Å². The van der Waals surface area contributed by atoms with Gasteiger partial charge in [0.25, 0.3) is 0 Å². The summed E-state index contributed by atoms with van der Waals surface area (Å²) in [6, 6.07) is 10.6. The summed E-state index contributed by atoms with van der Waals surface area (Å²) in [4.78, 5) is 18.6. The van der Waals surface area contributed by atoms with E-state index < -0.39 is 0 Å². The molecule has 0 spiro atoms. The van der Waals surface area contributed by atoms with Crippen molar-refractivity contribution in [1.82, 2.24) is 19.8 Å². The quantitative estimate of drug-likeness (QED) is 0.878. The van der Waals surface area contributed by atoms with Gasteiger partial charge >= 0.3 is 6.03 Å². The first-order chi connectivity index (χ1) is 12.1. The van der Waals surface area contributed by atoms with Gasteiger partial charge in [-0.3, -0.25) is 0 Å². The van der Waals surface area contributed by atoms with Gasteiger partial charge in [0.15, 0.2) is 0 Å². The fourth-order valence-corrected chi connectivity index (χ4v) is 3.50. The summed E-state index contributed by atoms with van der Waals surface area (Å²) in [5.74, 6) is 1.96. The molecule has 0 aliphatic carbocycles. The predicted molar refractivity (Wildman–Crippen MR) is 99.4 cm³/mol. The predicted octanol–water partition coefficient (Wildman–Crippen LogP) is 3.10. The van der Waals surface area contributed by atoms with Crippen LogP contribution in [0.15, 0.2) is 42.7 Å². The zero-order chi connectivity index (χ0) is 17.6. The number of hydrogen-bond acceptors (Lipinski definition) is 2. The Balaban J connectivity index is 1.41. The minimum Gasteiger partial charge on any atom is -0.338 e. The average Bonchev–Trinajstić information content (AvgIpc) is 3.23. The molecule has 1 fully saturated rings. The van der Waals surface area contributed by atoms with Gasteiger partial charge in [0.05, 0.1) is 0 Å². The Hall–Kier alpha value is -2.30. The number of imidazole rings is 1. The van der Waals surface area contributed by atoms with Crippen molar-refractivity contribution in [3.63, 3.8) is 0 Å². The van der Waals surface area contributed by atoms with E-state index in [4.69, 9.17) is 0 Å². The Morgan fingerprint density at radius 3 is 2.88 bits per heavy atom. The monoisotopic (exact) mass is 340 g/mol. The molecule has 2 atom stereocenters. The lowest BCUT2D eigenvalue weighted by atomic mass is 9.99. The Morgan fingerprint density at radius 2 is 2.16 bits per heavy atom. The topological polar surface area (TPSA) is 50.2 Å². The molecule has 0 saturated carbocycles. The zero-order valence-corrected chi connectivity index (χ0v) is 15.2. The number of benzene rings is 1. The van der Waals surface area contributed by atoms with Crippen molar-refractivity contribution in [1.29, 1.82) is 0 Å². The molecule has 1 aliphatic heterocycles. The number of nitrogens with one attached hydrogen (secondary N) is 1. The average molecular weight is 340 g/mol. The highest BCUT2D eigenvalue weighted by molar-refractivity contribution is 5.74. The Labute approximate surface area is 150 Å². The van der Waals surface area contributed by atoms with E-state index in [1.807, 2.05) is 30.3 Å². The number of amides is 2. The molecule has 134 valence electrons. The first-order valence-electron chi connectivity index (χ1n) is 9.16. The fourth-order valence-electron chi connectivity index (χ4n) is 3.50. The van der Waals surface area contributed by atoms with Crippen molar-refractivity contribution < 1.29 is 4.79 Å². The van der Waals surface area contributed by atoms with E-state index >= 15 is 0 Å². The maximum Gasteiger partial charge on any atom is 0.317 e. The number of carbonyl (C=O) groups excluding carboxylic acids is 1. The maximum absolute atomic E-state index is 12.4. The normalized spacial score (nSPS) is 18.3. The highest BCUT2D eigenvalue weighted by Gasteiger charge is 2.26. The molecular weight excluding hydrogens is 312 g/mol. The summed E-state index contributed by atoms with van der Waals surface area (Å²) in [5, 5.41) is 3.09. The van der Waals surface area contributed by atoms with Crippen molar-refractivity contribution in [2.75, 3.05) is 19.6 Å². The molecule has 5 heteroatoms. The number of hydrogen-bond donors (Lipinski definition) is 1. The molecule has 1 aromatic carbocycles. The molecule has 0 bridgehead atoms. The van der Waals surface area contributed by atoms with Gasteiger partial charge in [-0.1, -0.05) is 37.3 Å². The standard InChI is InChI=1S/C20H28N4O/c1-16(14-23-11-9-21-17(23)2)13-22-20(25)24-10-8-19(15-24)12-18-6-4-3-5-7-18/h3-7,9,11,16,19H,8,10,12-15H2,1-2H3,(H,22,25). The van der Waals surface area contributed by atoms with E-state index in [0.717, 1.165) is 38.3 Å². The van der Waals surface area contributed by atoms with E-state index in [2.05, 4.69) is 46.1 Å². The van der Waals surface area contributed by atoms with Crippen LogP contribution in [-0.2, 0) is 13.0 Å². The lowest BCUT2D eigenvalue weighted by Crippen LogP contribution is -2.40. The Kier molecular flexibility index (Phi) is 5.74. The summed E-state index contributed by atoms with van der Waals surface area (Å²) < 4.78 is 2.13. The number of rotatable bonds is 6. The van der Waals surface area contributed by atoms with Crippen molar-refractivity contribution in [2.24, 2.45) is 11.8 Å². The number of carbonyl (C=O) groups is 1. The third-order valence-electron chi connectivity index (χ3n) is 4.97. The lowest BCUT2D eigenvalue weighted by Gasteiger charge is -2.20. The van der Waals surface area contributed by atoms with Gasteiger partial charge in [-0.15, -0.1) is 0 Å². The molecule has 2 heterocycles. The van der Waals surface area contributed by atoms with E-state index in [-0.39, 0.29) is 6.03 Å². The van der Waals surface area contributed by atoms with Gasteiger partial charge in [-0.25, -0.2) is 9.78 Å². The molecule has 1 aliphatic rings. The highest BCUT2D eigenvalue weighted by Crippen LogP contribution is 2.20. The number of likely N-dealkylation sites (tertiary alicyclic amines) is 1. The summed E-state index contributed by atoms with van der Waals surface area (Å²) in [6.45, 7) is 7.44. The van der Waals surface area contributed by atoms with Crippen LogP contribution in [-0.4, -0.2) is 40.1 Å². The first-order valence-corrected chi connectivity index (χ1v) is 9.16. The second-order valence-corrected chi connectivity index (χ2v) is 7.21. The van der Waals surface area contributed by atoms with Gasteiger partial charge in [-0.2, -0.15) is 0 Å². The molecule has 1 aromatic heterocycles. The van der Waals surface area contributed by atoms with Crippen LogP contribution in [0, 0.1) is 18.8 Å². The molecule has 2 aromatic rings. The van der Waals surface area contributed by atoms with E-state index in [1.54, 1.807) is 0 Å². The van der Waals surface area contributed by atoms with Gasteiger partial charge in [0.1, 0.15) is 5.82 Å². The molecule has 0 radical (unpaired) electrons. The third kappa shape index (κ3) is 4.84. The smallest absolute Gasteiger partial charge is 0.317 e. The molecule has 3 rings (SSSR count). The molecular formula is C20H28N4O. The van der Waals surface area contributed by atoms with Gasteiger partial charge in [0.2, 0.25) is 0 Å². The van der Waals surface area contributed by atoms with Gasteiger partial charge in [0, 0.05) is 38.6 Å². The van der Waals surface area contributed by atoms with Crippen LogP contribution in [0.4, 0.5) is 4.79 Å². The third-order valence-corrected chi connectivity index (χ3v) is 4.97. The molecule has 25 heavy (non-hydrogen) atoms. The van der Waals surface area contributed by atoms with Gasteiger partial charge in [-0.05, 0) is 37.2 Å². The number of urea groups is 1. The maximum atomic E-state index is 12.4. The second-order valence-electron chi connectivity index (χ2n) is 7.21. The Bertz CT molecular complexity index is 682. The van der Waals surface area contributed by atoms with Crippen molar-refractivity contribution in [2.45, 2.75) is 33.2 Å². The summed E-state index contributed by atoms with van der Waals surface area (Å²) in [5.41, 5.74) is 1.36. The largest absolute Gasteiger partial charge is 0.338 e. The first kappa shape index (κ1) is 17.5. The second kappa shape index (κ2) is 8.19. The van der Waals surface area contributed by atoms with Crippen LogP contribution < -0.4 is 5.32 Å². The minimum absolute atomic E-state index is 0.0739. The van der Waals surface area contributed by atoms with E-state index in [0.29, 0.717) is 18.4 Å². The van der Waals surface area contributed by atoms with Crippen LogP contribution in [0.3, 0.4) is 0 Å². The Morgan fingerprint density at radius 1 is 1.36 bits per heavy atom. The van der Waals surface area contributed by atoms with E-state index in [9.17, 15) is 4.79 Å². The number of aromatic nitrogens is 2. The van der Waals surface area contributed by atoms with Crippen molar-refractivity contribution in [3.05, 3.63) is 54.1 Å². The fraction of sp³-hybridized carbons (Fsp3) is 0.500. The molecule has 1 saturated heterocycles. The molecule has 5 nitrogen and oxygen atoms in total. The highest BCUT2D eigenvalue weighted by atomic mass is 16.2. The van der Waals surface area contributed by atoms with Crippen molar-refractivity contribution >= 4 is 6.03 Å². The summed E-state index contributed by atoms with van der Waals surface area (Å²) in [7, 11) is 0. The van der Waals surface area contributed by atoms with Gasteiger partial charge < -0.3 is 14.8 Å². The van der Waals surface area contributed by atoms with E-state index in [1.165, 1.54) is 5.56 Å². The lowest BCUT2D eigenvalue weighted by molar-refractivity contribution is 0.204.